The van der Waals surface area contributed by atoms with Gasteiger partial charge in [-0.3, -0.25) is 0 Å². The van der Waals surface area contributed by atoms with Crippen LogP contribution in [0.5, 0.6) is 5.75 Å². The number of benzene rings is 1. The number of halogens is 1. The standard InChI is InChI=1S/C14H20ClN5O/c1-4-7-16-12(9-14-17-19-20(2)18-14)11-6-5-10(15)8-13(11)21-3/h5-6,8,12,16H,4,7,9H2,1-3H3. The lowest BCUT2D eigenvalue weighted by atomic mass is 10.0. The highest BCUT2D eigenvalue weighted by molar-refractivity contribution is 6.30. The molecule has 1 aromatic heterocycles. The number of nitrogens with one attached hydrogen (secondary N) is 1. The zero-order valence-corrected chi connectivity index (χ0v) is 13.3. The van der Waals surface area contributed by atoms with E-state index in [0.29, 0.717) is 17.3 Å². The van der Waals surface area contributed by atoms with Crippen LogP contribution in [-0.2, 0) is 13.5 Å². The fraction of sp³-hybridized carbons (Fsp3) is 0.500. The van der Waals surface area contributed by atoms with Crippen LogP contribution in [0.1, 0.15) is 30.8 Å². The second kappa shape index (κ2) is 7.38. The van der Waals surface area contributed by atoms with Crippen LogP contribution < -0.4 is 10.1 Å². The number of aromatic nitrogens is 4. The lowest BCUT2D eigenvalue weighted by molar-refractivity contribution is 0.397. The normalized spacial score (nSPS) is 12.4. The van der Waals surface area contributed by atoms with E-state index in [-0.39, 0.29) is 6.04 Å². The first-order valence-electron chi connectivity index (χ1n) is 6.93. The Hall–Kier alpha value is -1.66. The van der Waals surface area contributed by atoms with Crippen molar-refractivity contribution in [1.82, 2.24) is 25.5 Å². The first-order chi connectivity index (χ1) is 10.1. The Labute approximate surface area is 129 Å². The Morgan fingerprint density at radius 2 is 2.24 bits per heavy atom. The Balaban J connectivity index is 2.26. The number of rotatable bonds is 7. The maximum Gasteiger partial charge on any atom is 0.176 e. The zero-order valence-electron chi connectivity index (χ0n) is 12.5. The van der Waals surface area contributed by atoms with Gasteiger partial charge in [-0.05, 0) is 30.3 Å². The minimum Gasteiger partial charge on any atom is -0.496 e. The van der Waals surface area contributed by atoms with E-state index < -0.39 is 0 Å². The highest BCUT2D eigenvalue weighted by Crippen LogP contribution is 2.29. The van der Waals surface area contributed by atoms with Crippen LogP contribution in [-0.4, -0.2) is 33.9 Å². The first-order valence-corrected chi connectivity index (χ1v) is 7.31. The monoisotopic (exact) mass is 309 g/mol. The number of methoxy groups -OCH3 is 1. The van der Waals surface area contributed by atoms with Gasteiger partial charge in [0, 0.05) is 23.0 Å². The summed E-state index contributed by atoms with van der Waals surface area (Å²) in [5, 5.41) is 16.3. The summed E-state index contributed by atoms with van der Waals surface area (Å²) in [6.45, 7) is 3.03. The fourth-order valence-electron chi connectivity index (χ4n) is 2.17. The molecule has 0 saturated heterocycles. The lowest BCUT2D eigenvalue weighted by Crippen LogP contribution is -2.25. The van der Waals surface area contributed by atoms with Crippen LogP contribution in [0.2, 0.25) is 5.02 Å². The molecule has 1 atom stereocenters. The van der Waals surface area contributed by atoms with Crippen molar-refractivity contribution in [3.05, 3.63) is 34.6 Å². The van der Waals surface area contributed by atoms with Gasteiger partial charge in [0.1, 0.15) is 5.75 Å². The minimum atomic E-state index is 0.0568. The van der Waals surface area contributed by atoms with Crippen molar-refractivity contribution in [2.24, 2.45) is 7.05 Å². The molecule has 0 radical (unpaired) electrons. The molecule has 2 aromatic rings. The smallest absolute Gasteiger partial charge is 0.176 e. The number of ether oxygens (including phenoxy) is 1. The molecular formula is C14H20ClN5O. The Kier molecular flexibility index (Phi) is 5.52. The van der Waals surface area contributed by atoms with Crippen LogP contribution in [0.15, 0.2) is 18.2 Å². The highest BCUT2D eigenvalue weighted by atomic mass is 35.5. The second-order valence-electron chi connectivity index (χ2n) is 4.79. The first kappa shape index (κ1) is 15.7. The van der Waals surface area contributed by atoms with Crippen LogP contribution in [0, 0.1) is 0 Å². The van der Waals surface area contributed by atoms with Crippen molar-refractivity contribution in [1.29, 1.82) is 0 Å². The summed E-state index contributed by atoms with van der Waals surface area (Å²) in [4.78, 5) is 1.46. The van der Waals surface area contributed by atoms with E-state index in [2.05, 4.69) is 27.7 Å². The van der Waals surface area contributed by atoms with E-state index in [9.17, 15) is 0 Å². The molecule has 0 fully saturated rings. The highest BCUT2D eigenvalue weighted by Gasteiger charge is 2.18. The summed E-state index contributed by atoms with van der Waals surface area (Å²) in [6.07, 6.45) is 1.69. The van der Waals surface area contributed by atoms with Crippen LogP contribution in [0.4, 0.5) is 0 Å². The van der Waals surface area contributed by atoms with Crippen molar-refractivity contribution in [3.8, 4) is 5.75 Å². The molecular weight excluding hydrogens is 290 g/mol. The Bertz CT molecular complexity index is 586. The molecule has 114 valence electrons. The number of hydrogen-bond acceptors (Lipinski definition) is 5. The van der Waals surface area contributed by atoms with Gasteiger partial charge in [0.2, 0.25) is 0 Å². The SMILES string of the molecule is CCCNC(Cc1nnn(C)n1)c1ccc(Cl)cc1OC. The van der Waals surface area contributed by atoms with Crippen LogP contribution >= 0.6 is 11.6 Å². The van der Waals surface area contributed by atoms with Crippen molar-refractivity contribution in [3.63, 3.8) is 0 Å². The van der Waals surface area contributed by atoms with Crippen LogP contribution in [0.3, 0.4) is 0 Å². The summed E-state index contributed by atoms with van der Waals surface area (Å²) in [5.74, 6) is 1.46. The zero-order chi connectivity index (χ0) is 15.2. The summed E-state index contributed by atoms with van der Waals surface area (Å²) >= 11 is 6.03. The van der Waals surface area contributed by atoms with Gasteiger partial charge in [-0.15, -0.1) is 10.2 Å². The third-order valence-corrected chi connectivity index (χ3v) is 3.38. The molecule has 21 heavy (non-hydrogen) atoms. The number of nitrogens with zero attached hydrogens (tertiary/aromatic N) is 4. The molecule has 0 aliphatic carbocycles. The summed E-state index contributed by atoms with van der Waals surface area (Å²) in [7, 11) is 3.40. The van der Waals surface area contributed by atoms with Gasteiger partial charge in [-0.25, -0.2) is 0 Å². The minimum absolute atomic E-state index is 0.0568. The van der Waals surface area contributed by atoms with Gasteiger partial charge in [0.25, 0.3) is 0 Å². The summed E-state index contributed by atoms with van der Waals surface area (Å²) in [6, 6.07) is 5.72. The van der Waals surface area contributed by atoms with Gasteiger partial charge in [-0.2, -0.15) is 4.80 Å². The van der Waals surface area contributed by atoms with E-state index >= 15 is 0 Å². The Morgan fingerprint density at radius 1 is 1.43 bits per heavy atom. The van der Waals surface area contributed by atoms with Crippen molar-refractivity contribution in [2.45, 2.75) is 25.8 Å². The molecule has 0 saturated carbocycles. The molecule has 1 N–H and O–H groups in total. The molecule has 0 bridgehead atoms. The molecule has 0 aliphatic rings. The predicted octanol–water partition coefficient (Wildman–Crippen LogP) is 2.16. The molecule has 7 heteroatoms. The lowest BCUT2D eigenvalue weighted by Gasteiger charge is -2.20. The number of aryl methyl sites for hydroxylation is 1. The molecule has 1 heterocycles. The van der Waals surface area contributed by atoms with Gasteiger partial charge in [0.15, 0.2) is 5.82 Å². The van der Waals surface area contributed by atoms with Gasteiger partial charge < -0.3 is 10.1 Å². The molecule has 0 amide bonds. The fourth-order valence-corrected chi connectivity index (χ4v) is 2.33. The predicted molar refractivity (Wildman–Crippen MR) is 81.5 cm³/mol. The van der Waals surface area contributed by atoms with E-state index in [4.69, 9.17) is 16.3 Å². The van der Waals surface area contributed by atoms with Crippen molar-refractivity contribution < 1.29 is 4.74 Å². The third-order valence-electron chi connectivity index (χ3n) is 3.15. The molecule has 1 aromatic carbocycles. The van der Waals surface area contributed by atoms with Crippen molar-refractivity contribution in [2.75, 3.05) is 13.7 Å². The molecule has 0 spiro atoms. The van der Waals surface area contributed by atoms with Gasteiger partial charge >= 0.3 is 0 Å². The Morgan fingerprint density at radius 3 is 2.86 bits per heavy atom. The summed E-state index contributed by atoms with van der Waals surface area (Å²) in [5.41, 5.74) is 1.04. The van der Waals surface area contributed by atoms with E-state index in [1.807, 2.05) is 18.2 Å². The molecule has 6 nitrogen and oxygen atoms in total. The van der Waals surface area contributed by atoms with E-state index in [1.54, 1.807) is 14.2 Å². The average Bonchev–Trinajstić information content (AvgIpc) is 2.88. The molecule has 2 rings (SSSR count). The molecule has 1 unspecified atom stereocenters. The number of hydrogen-bond donors (Lipinski definition) is 1. The second-order valence-corrected chi connectivity index (χ2v) is 5.23. The molecule has 0 aliphatic heterocycles. The van der Waals surface area contributed by atoms with E-state index in [0.717, 1.165) is 24.3 Å². The summed E-state index contributed by atoms with van der Waals surface area (Å²) < 4.78 is 5.44. The van der Waals surface area contributed by atoms with E-state index in [1.165, 1.54) is 4.80 Å². The van der Waals surface area contributed by atoms with Gasteiger partial charge in [-0.1, -0.05) is 24.6 Å². The quantitative estimate of drug-likeness (QED) is 0.849. The topological polar surface area (TPSA) is 64.9 Å². The largest absolute Gasteiger partial charge is 0.496 e. The van der Waals surface area contributed by atoms with Crippen molar-refractivity contribution >= 4 is 11.6 Å². The maximum atomic E-state index is 6.03. The third kappa shape index (κ3) is 4.15. The number of tetrazole rings is 1. The average molecular weight is 310 g/mol. The van der Waals surface area contributed by atoms with Gasteiger partial charge in [0.05, 0.1) is 14.2 Å². The van der Waals surface area contributed by atoms with Crippen LogP contribution in [0.25, 0.3) is 0 Å². The maximum absolute atomic E-state index is 6.03.